The van der Waals surface area contributed by atoms with Crippen molar-refractivity contribution in [2.45, 2.75) is 19.6 Å². The molecule has 2 aromatic rings. The maximum atomic E-state index is 13.2. The molecule has 112 valence electrons. The SMILES string of the molecule is CC(Nc1cccc(OC(F)F)c1)c1cc(F)cc(F)c1. The molecule has 21 heavy (non-hydrogen) atoms. The van der Waals surface area contributed by atoms with Crippen LogP contribution >= 0.6 is 0 Å². The standard InChI is InChI=1S/C15H13F4NO/c1-9(10-5-11(16)7-12(17)6-10)20-13-3-2-4-14(8-13)21-15(18)19/h2-9,15,20H,1H3. The van der Waals surface area contributed by atoms with Crippen LogP contribution in [0.2, 0.25) is 0 Å². The Morgan fingerprint density at radius 1 is 1.00 bits per heavy atom. The van der Waals surface area contributed by atoms with Crippen LogP contribution in [0, 0.1) is 11.6 Å². The molecular weight excluding hydrogens is 286 g/mol. The van der Waals surface area contributed by atoms with E-state index in [2.05, 4.69) is 10.1 Å². The lowest BCUT2D eigenvalue weighted by atomic mass is 10.1. The molecular formula is C15H13F4NO. The van der Waals surface area contributed by atoms with E-state index in [1.807, 2.05) is 0 Å². The van der Waals surface area contributed by atoms with Crippen molar-refractivity contribution >= 4 is 5.69 Å². The first-order chi connectivity index (χ1) is 9.94. The number of hydrogen-bond acceptors (Lipinski definition) is 2. The minimum Gasteiger partial charge on any atom is -0.435 e. The summed E-state index contributed by atoms with van der Waals surface area (Å²) in [5.74, 6) is -1.34. The lowest BCUT2D eigenvalue weighted by molar-refractivity contribution is -0.0498. The number of ether oxygens (including phenoxy) is 1. The maximum absolute atomic E-state index is 13.2. The van der Waals surface area contributed by atoms with Crippen molar-refractivity contribution in [2.75, 3.05) is 5.32 Å². The molecule has 1 atom stereocenters. The molecule has 1 N–H and O–H groups in total. The molecule has 0 aliphatic carbocycles. The maximum Gasteiger partial charge on any atom is 0.387 e. The topological polar surface area (TPSA) is 21.3 Å². The molecule has 0 aliphatic heterocycles. The molecule has 0 aromatic heterocycles. The van der Waals surface area contributed by atoms with Crippen LogP contribution in [0.5, 0.6) is 5.75 Å². The number of alkyl halides is 2. The zero-order valence-corrected chi connectivity index (χ0v) is 11.1. The average molecular weight is 299 g/mol. The summed E-state index contributed by atoms with van der Waals surface area (Å²) in [7, 11) is 0. The smallest absolute Gasteiger partial charge is 0.387 e. The normalized spacial score (nSPS) is 12.3. The van der Waals surface area contributed by atoms with Crippen LogP contribution < -0.4 is 10.1 Å². The van der Waals surface area contributed by atoms with E-state index in [-0.39, 0.29) is 5.75 Å². The van der Waals surface area contributed by atoms with Gasteiger partial charge in [-0.05, 0) is 36.8 Å². The molecule has 1 unspecified atom stereocenters. The number of halogens is 4. The van der Waals surface area contributed by atoms with Crippen molar-refractivity contribution in [3.63, 3.8) is 0 Å². The van der Waals surface area contributed by atoms with Crippen LogP contribution in [0.1, 0.15) is 18.5 Å². The molecule has 2 rings (SSSR count). The molecule has 0 radical (unpaired) electrons. The van der Waals surface area contributed by atoms with Crippen LogP contribution in [-0.4, -0.2) is 6.61 Å². The Bertz CT molecular complexity index is 598. The lowest BCUT2D eigenvalue weighted by Crippen LogP contribution is -2.08. The second kappa shape index (κ2) is 6.47. The van der Waals surface area contributed by atoms with Crippen LogP contribution in [-0.2, 0) is 0 Å². The summed E-state index contributed by atoms with van der Waals surface area (Å²) in [4.78, 5) is 0. The van der Waals surface area contributed by atoms with Crippen LogP contribution in [0.4, 0.5) is 23.2 Å². The third-order valence-corrected chi connectivity index (χ3v) is 2.83. The van der Waals surface area contributed by atoms with Crippen molar-refractivity contribution in [3.05, 3.63) is 59.7 Å². The van der Waals surface area contributed by atoms with E-state index in [0.717, 1.165) is 6.07 Å². The van der Waals surface area contributed by atoms with Gasteiger partial charge in [0, 0.05) is 23.9 Å². The molecule has 0 heterocycles. The number of nitrogens with one attached hydrogen (secondary N) is 1. The molecule has 0 fully saturated rings. The quantitative estimate of drug-likeness (QED) is 0.805. The van der Waals surface area contributed by atoms with Gasteiger partial charge in [0.1, 0.15) is 17.4 Å². The van der Waals surface area contributed by atoms with Gasteiger partial charge >= 0.3 is 6.61 Å². The van der Waals surface area contributed by atoms with Gasteiger partial charge in [-0.15, -0.1) is 0 Å². The van der Waals surface area contributed by atoms with Crippen molar-refractivity contribution in [1.82, 2.24) is 0 Å². The predicted molar refractivity (Wildman–Crippen MR) is 71.5 cm³/mol. The third-order valence-electron chi connectivity index (χ3n) is 2.83. The lowest BCUT2D eigenvalue weighted by Gasteiger charge is -2.16. The summed E-state index contributed by atoms with van der Waals surface area (Å²) in [6.45, 7) is -1.20. The fourth-order valence-corrected chi connectivity index (χ4v) is 1.92. The van der Waals surface area contributed by atoms with E-state index in [1.54, 1.807) is 19.1 Å². The molecule has 0 saturated heterocycles. The first kappa shape index (κ1) is 15.2. The highest BCUT2D eigenvalue weighted by molar-refractivity contribution is 5.49. The summed E-state index contributed by atoms with van der Waals surface area (Å²) >= 11 is 0. The molecule has 0 bridgehead atoms. The van der Waals surface area contributed by atoms with Gasteiger partial charge in [0.15, 0.2) is 0 Å². The van der Waals surface area contributed by atoms with Crippen molar-refractivity contribution in [2.24, 2.45) is 0 Å². The fraction of sp³-hybridized carbons (Fsp3) is 0.200. The number of rotatable bonds is 5. The van der Waals surface area contributed by atoms with E-state index < -0.39 is 24.3 Å². The largest absolute Gasteiger partial charge is 0.435 e. The first-order valence-corrected chi connectivity index (χ1v) is 6.21. The minimum atomic E-state index is -2.91. The minimum absolute atomic E-state index is 0.00706. The Labute approximate surface area is 119 Å². The number of anilines is 1. The number of hydrogen-bond donors (Lipinski definition) is 1. The van der Waals surface area contributed by atoms with Crippen molar-refractivity contribution in [3.8, 4) is 5.75 Å². The Hall–Kier alpha value is -2.24. The highest BCUT2D eigenvalue weighted by Gasteiger charge is 2.10. The first-order valence-electron chi connectivity index (χ1n) is 6.21. The second-order valence-corrected chi connectivity index (χ2v) is 4.48. The molecule has 2 aromatic carbocycles. The third kappa shape index (κ3) is 4.37. The van der Waals surface area contributed by atoms with E-state index in [9.17, 15) is 17.6 Å². The van der Waals surface area contributed by atoms with E-state index in [4.69, 9.17) is 0 Å². The predicted octanol–water partition coefficient (Wildman–Crippen LogP) is 4.74. The monoisotopic (exact) mass is 299 g/mol. The van der Waals surface area contributed by atoms with Gasteiger partial charge in [-0.2, -0.15) is 8.78 Å². The average Bonchev–Trinajstić information content (AvgIpc) is 2.37. The van der Waals surface area contributed by atoms with Crippen LogP contribution in [0.15, 0.2) is 42.5 Å². The van der Waals surface area contributed by atoms with Gasteiger partial charge in [0.05, 0.1) is 0 Å². The highest BCUT2D eigenvalue weighted by atomic mass is 19.3. The fourth-order valence-electron chi connectivity index (χ4n) is 1.92. The van der Waals surface area contributed by atoms with E-state index in [0.29, 0.717) is 11.3 Å². The summed E-state index contributed by atoms with van der Waals surface area (Å²) in [6.07, 6.45) is 0. The molecule has 2 nitrogen and oxygen atoms in total. The molecule has 6 heteroatoms. The Morgan fingerprint density at radius 3 is 2.29 bits per heavy atom. The summed E-state index contributed by atoms with van der Waals surface area (Å²) < 4.78 is 54.9. The second-order valence-electron chi connectivity index (χ2n) is 4.48. The van der Waals surface area contributed by atoms with E-state index >= 15 is 0 Å². The number of benzene rings is 2. The van der Waals surface area contributed by atoms with Crippen molar-refractivity contribution in [1.29, 1.82) is 0 Å². The van der Waals surface area contributed by atoms with Crippen molar-refractivity contribution < 1.29 is 22.3 Å². The zero-order valence-electron chi connectivity index (χ0n) is 11.1. The highest BCUT2D eigenvalue weighted by Crippen LogP contribution is 2.24. The summed E-state index contributed by atoms with van der Waals surface area (Å²) in [5.41, 5.74) is 0.915. The molecule has 0 amide bonds. The molecule has 0 spiro atoms. The molecule has 0 saturated carbocycles. The summed E-state index contributed by atoms with van der Waals surface area (Å²) in [6, 6.07) is 8.76. The van der Waals surface area contributed by atoms with Crippen LogP contribution in [0.25, 0.3) is 0 Å². The Balaban J connectivity index is 2.13. The van der Waals surface area contributed by atoms with Gasteiger partial charge in [-0.25, -0.2) is 8.78 Å². The summed E-state index contributed by atoms with van der Waals surface area (Å²) in [5, 5.41) is 2.97. The Kier molecular flexibility index (Phi) is 4.67. The van der Waals surface area contributed by atoms with E-state index in [1.165, 1.54) is 24.3 Å². The zero-order chi connectivity index (χ0) is 15.4. The van der Waals surface area contributed by atoms with Gasteiger partial charge in [-0.3, -0.25) is 0 Å². The van der Waals surface area contributed by atoms with Gasteiger partial charge in [0.2, 0.25) is 0 Å². The van der Waals surface area contributed by atoms with Gasteiger partial charge in [0.25, 0.3) is 0 Å². The Morgan fingerprint density at radius 2 is 1.67 bits per heavy atom. The van der Waals surface area contributed by atoms with Crippen LogP contribution in [0.3, 0.4) is 0 Å². The van der Waals surface area contributed by atoms with Gasteiger partial charge < -0.3 is 10.1 Å². The molecule has 0 aliphatic rings. The van der Waals surface area contributed by atoms with Gasteiger partial charge in [-0.1, -0.05) is 6.07 Å².